The number of hydrogen-bond donors (Lipinski definition) is 1. The summed E-state index contributed by atoms with van der Waals surface area (Å²) in [5.74, 6) is -0.391. The molecule has 1 fully saturated rings. The van der Waals surface area contributed by atoms with Gasteiger partial charge in [0.25, 0.3) is 0 Å². The predicted molar refractivity (Wildman–Crippen MR) is 71.1 cm³/mol. The van der Waals surface area contributed by atoms with Crippen LogP contribution in [-0.4, -0.2) is 31.6 Å². The van der Waals surface area contributed by atoms with Crippen LogP contribution in [0.15, 0.2) is 0 Å². The van der Waals surface area contributed by atoms with Crippen LogP contribution in [0.3, 0.4) is 0 Å². The maximum absolute atomic E-state index is 5.60. The lowest BCUT2D eigenvalue weighted by atomic mass is 10.1. The summed E-state index contributed by atoms with van der Waals surface area (Å²) in [4.78, 5) is 0. The van der Waals surface area contributed by atoms with Crippen LogP contribution < -0.4 is 5.32 Å². The Hall–Kier alpha value is -0.120. The van der Waals surface area contributed by atoms with E-state index in [1.54, 1.807) is 0 Å². The number of ether oxygens (including phenoxy) is 2. The first-order chi connectivity index (χ1) is 8.14. The SMILES string of the molecule is CCCCCCCCNC1COC(C)(C)OC1. The van der Waals surface area contributed by atoms with Crippen LogP contribution in [0.1, 0.15) is 59.3 Å². The lowest BCUT2D eigenvalue weighted by Crippen LogP contribution is -2.48. The first-order valence-electron chi connectivity index (χ1n) is 7.15. The lowest BCUT2D eigenvalue weighted by molar-refractivity contribution is -0.252. The van der Waals surface area contributed by atoms with Gasteiger partial charge < -0.3 is 14.8 Å². The minimum absolute atomic E-state index is 0.374. The first kappa shape index (κ1) is 14.9. The van der Waals surface area contributed by atoms with Crippen LogP contribution >= 0.6 is 0 Å². The van der Waals surface area contributed by atoms with Crippen molar-refractivity contribution >= 4 is 0 Å². The fourth-order valence-electron chi connectivity index (χ4n) is 2.02. The second kappa shape index (κ2) is 8.06. The Morgan fingerprint density at radius 1 is 1.00 bits per heavy atom. The highest BCUT2D eigenvalue weighted by Gasteiger charge is 2.27. The second-order valence-corrected chi connectivity index (χ2v) is 5.44. The van der Waals surface area contributed by atoms with Crippen LogP contribution in [0.4, 0.5) is 0 Å². The summed E-state index contributed by atoms with van der Waals surface area (Å²) >= 11 is 0. The van der Waals surface area contributed by atoms with Crippen molar-refractivity contribution in [2.45, 2.75) is 71.1 Å². The fourth-order valence-corrected chi connectivity index (χ4v) is 2.02. The number of rotatable bonds is 8. The molecule has 1 heterocycles. The zero-order valence-electron chi connectivity index (χ0n) is 11.8. The van der Waals surface area contributed by atoms with Gasteiger partial charge in [0.05, 0.1) is 19.3 Å². The van der Waals surface area contributed by atoms with Crippen molar-refractivity contribution in [3.63, 3.8) is 0 Å². The minimum Gasteiger partial charge on any atom is -0.349 e. The Morgan fingerprint density at radius 3 is 2.24 bits per heavy atom. The molecule has 17 heavy (non-hydrogen) atoms. The van der Waals surface area contributed by atoms with Crippen LogP contribution in [0.2, 0.25) is 0 Å². The summed E-state index contributed by atoms with van der Waals surface area (Å²) in [7, 11) is 0. The Labute approximate surface area is 106 Å². The van der Waals surface area contributed by atoms with Gasteiger partial charge in [0, 0.05) is 0 Å². The Bertz CT molecular complexity index is 185. The highest BCUT2D eigenvalue weighted by atomic mass is 16.7. The van der Waals surface area contributed by atoms with Crippen molar-refractivity contribution in [1.82, 2.24) is 5.32 Å². The van der Waals surface area contributed by atoms with Gasteiger partial charge >= 0.3 is 0 Å². The average molecular weight is 243 g/mol. The normalized spacial score (nSPS) is 20.6. The summed E-state index contributed by atoms with van der Waals surface area (Å²) in [6, 6.07) is 0.374. The molecule has 0 atom stereocenters. The van der Waals surface area contributed by atoms with E-state index >= 15 is 0 Å². The summed E-state index contributed by atoms with van der Waals surface area (Å²) < 4.78 is 11.2. The molecule has 1 aliphatic heterocycles. The molecule has 0 amide bonds. The van der Waals surface area contributed by atoms with Crippen molar-refractivity contribution in [3.05, 3.63) is 0 Å². The van der Waals surface area contributed by atoms with Crippen molar-refractivity contribution in [1.29, 1.82) is 0 Å². The van der Waals surface area contributed by atoms with Gasteiger partial charge in [0.2, 0.25) is 0 Å². The third-order valence-electron chi connectivity index (χ3n) is 3.23. The van der Waals surface area contributed by atoms with Gasteiger partial charge in [0.15, 0.2) is 5.79 Å². The van der Waals surface area contributed by atoms with Crippen LogP contribution in [0, 0.1) is 0 Å². The average Bonchev–Trinajstić information content (AvgIpc) is 2.30. The highest BCUT2D eigenvalue weighted by molar-refractivity contribution is 4.72. The second-order valence-electron chi connectivity index (χ2n) is 5.44. The molecule has 3 heteroatoms. The van der Waals surface area contributed by atoms with E-state index in [1.165, 1.54) is 38.5 Å². The number of hydrogen-bond acceptors (Lipinski definition) is 3. The van der Waals surface area contributed by atoms with E-state index in [9.17, 15) is 0 Å². The van der Waals surface area contributed by atoms with Gasteiger partial charge in [-0.1, -0.05) is 39.0 Å². The van der Waals surface area contributed by atoms with Gasteiger partial charge in [0.1, 0.15) is 0 Å². The van der Waals surface area contributed by atoms with Crippen molar-refractivity contribution in [2.24, 2.45) is 0 Å². The van der Waals surface area contributed by atoms with Gasteiger partial charge in [-0.25, -0.2) is 0 Å². The zero-order valence-corrected chi connectivity index (χ0v) is 11.8. The zero-order chi connectivity index (χ0) is 12.6. The highest BCUT2D eigenvalue weighted by Crippen LogP contribution is 2.16. The predicted octanol–water partition coefficient (Wildman–Crippen LogP) is 3.09. The monoisotopic (exact) mass is 243 g/mol. The molecular formula is C14H29NO2. The Morgan fingerprint density at radius 2 is 1.59 bits per heavy atom. The topological polar surface area (TPSA) is 30.5 Å². The van der Waals surface area contributed by atoms with E-state index in [-0.39, 0.29) is 0 Å². The van der Waals surface area contributed by atoms with Gasteiger partial charge in [-0.2, -0.15) is 0 Å². The fraction of sp³-hybridized carbons (Fsp3) is 1.00. The Balaban J connectivity index is 1.90. The van der Waals surface area contributed by atoms with Crippen LogP contribution in [-0.2, 0) is 9.47 Å². The standard InChI is InChI=1S/C14H29NO2/c1-4-5-6-7-8-9-10-15-13-11-16-14(2,3)17-12-13/h13,15H,4-12H2,1-3H3. The molecule has 0 aromatic carbocycles. The molecule has 0 unspecified atom stereocenters. The lowest BCUT2D eigenvalue weighted by Gasteiger charge is -2.35. The van der Waals surface area contributed by atoms with E-state index in [0.29, 0.717) is 6.04 Å². The molecule has 1 saturated heterocycles. The van der Waals surface area contributed by atoms with E-state index < -0.39 is 5.79 Å². The van der Waals surface area contributed by atoms with Crippen LogP contribution in [0.5, 0.6) is 0 Å². The summed E-state index contributed by atoms with van der Waals surface area (Å²) in [6.45, 7) is 8.82. The number of nitrogens with one attached hydrogen (secondary N) is 1. The maximum atomic E-state index is 5.60. The maximum Gasteiger partial charge on any atom is 0.162 e. The molecule has 0 aromatic heterocycles. The third-order valence-corrected chi connectivity index (χ3v) is 3.23. The molecule has 0 bridgehead atoms. The molecule has 1 N–H and O–H groups in total. The smallest absolute Gasteiger partial charge is 0.162 e. The molecule has 0 radical (unpaired) electrons. The molecule has 3 nitrogen and oxygen atoms in total. The van der Waals surface area contributed by atoms with E-state index in [1.807, 2.05) is 13.8 Å². The molecule has 1 rings (SSSR count). The summed E-state index contributed by atoms with van der Waals surface area (Å²) in [5.41, 5.74) is 0. The van der Waals surface area contributed by atoms with Crippen molar-refractivity contribution in [2.75, 3.05) is 19.8 Å². The Kier molecular flexibility index (Phi) is 7.09. The van der Waals surface area contributed by atoms with E-state index in [4.69, 9.17) is 9.47 Å². The molecular weight excluding hydrogens is 214 g/mol. The minimum atomic E-state index is -0.391. The molecule has 0 saturated carbocycles. The van der Waals surface area contributed by atoms with Crippen molar-refractivity contribution < 1.29 is 9.47 Å². The number of unbranched alkanes of at least 4 members (excludes halogenated alkanes) is 5. The third kappa shape index (κ3) is 7.02. The quantitative estimate of drug-likeness (QED) is 0.665. The first-order valence-corrected chi connectivity index (χ1v) is 7.15. The molecule has 0 spiro atoms. The molecule has 1 aliphatic rings. The van der Waals surface area contributed by atoms with Crippen molar-refractivity contribution in [3.8, 4) is 0 Å². The summed E-state index contributed by atoms with van der Waals surface area (Å²) in [6.07, 6.45) is 8.08. The molecule has 0 aliphatic carbocycles. The van der Waals surface area contributed by atoms with Gasteiger partial charge in [-0.3, -0.25) is 0 Å². The van der Waals surface area contributed by atoms with E-state index in [2.05, 4.69) is 12.2 Å². The summed E-state index contributed by atoms with van der Waals surface area (Å²) in [5, 5.41) is 3.50. The van der Waals surface area contributed by atoms with E-state index in [0.717, 1.165) is 19.8 Å². The van der Waals surface area contributed by atoms with Gasteiger partial charge in [-0.15, -0.1) is 0 Å². The molecule has 0 aromatic rings. The largest absolute Gasteiger partial charge is 0.349 e. The van der Waals surface area contributed by atoms with Gasteiger partial charge in [-0.05, 0) is 26.8 Å². The van der Waals surface area contributed by atoms with Crippen LogP contribution in [0.25, 0.3) is 0 Å². The molecule has 102 valence electrons.